The Morgan fingerprint density at radius 3 is 3.11 bits per heavy atom. The summed E-state index contributed by atoms with van der Waals surface area (Å²) < 4.78 is 5.94. The van der Waals surface area contributed by atoms with Crippen molar-refractivity contribution in [1.29, 1.82) is 0 Å². The summed E-state index contributed by atoms with van der Waals surface area (Å²) in [7, 11) is 1.86. The highest BCUT2D eigenvalue weighted by Crippen LogP contribution is 2.44. The highest BCUT2D eigenvalue weighted by molar-refractivity contribution is 7.11. The van der Waals surface area contributed by atoms with Gasteiger partial charge in [0.2, 0.25) is 0 Å². The number of nitrogens with one attached hydrogen (secondary N) is 1. The first-order chi connectivity index (χ1) is 8.73. The normalized spacial score (nSPS) is 32.2. The van der Waals surface area contributed by atoms with E-state index in [0.29, 0.717) is 0 Å². The minimum atomic E-state index is -0.0975. The first kappa shape index (κ1) is 12.6. The first-order valence-electron chi connectivity index (χ1n) is 6.98. The van der Waals surface area contributed by atoms with Gasteiger partial charge in [0.1, 0.15) is 10.6 Å². The molecule has 1 saturated carbocycles. The molecule has 1 aromatic heterocycles. The van der Waals surface area contributed by atoms with Crippen molar-refractivity contribution in [1.82, 2.24) is 10.3 Å². The maximum absolute atomic E-state index is 5.94. The number of rotatable bonds is 2. The Kier molecular flexibility index (Phi) is 3.43. The lowest BCUT2D eigenvalue weighted by Gasteiger charge is -2.37. The highest BCUT2D eigenvalue weighted by atomic mass is 32.1. The van der Waals surface area contributed by atoms with Crippen LogP contribution in [-0.4, -0.2) is 18.6 Å². The van der Waals surface area contributed by atoms with E-state index < -0.39 is 0 Å². The van der Waals surface area contributed by atoms with E-state index in [1.54, 1.807) is 0 Å². The highest BCUT2D eigenvalue weighted by Gasteiger charge is 2.40. The minimum Gasteiger partial charge on any atom is -0.371 e. The van der Waals surface area contributed by atoms with Crippen LogP contribution < -0.4 is 5.32 Å². The van der Waals surface area contributed by atoms with Crippen LogP contribution in [0.2, 0.25) is 0 Å². The fourth-order valence-electron chi connectivity index (χ4n) is 3.29. The maximum atomic E-state index is 5.94. The lowest BCUT2D eigenvalue weighted by atomic mass is 9.79. The summed E-state index contributed by atoms with van der Waals surface area (Å²) in [5, 5.41) is 4.65. The van der Waals surface area contributed by atoms with Crippen molar-refractivity contribution < 1.29 is 4.74 Å². The molecule has 1 aromatic rings. The van der Waals surface area contributed by atoms with Crippen LogP contribution in [0.1, 0.15) is 48.2 Å². The van der Waals surface area contributed by atoms with Crippen LogP contribution in [-0.2, 0) is 23.3 Å². The van der Waals surface area contributed by atoms with Gasteiger partial charge in [-0.25, -0.2) is 4.98 Å². The summed E-state index contributed by atoms with van der Waals surface area (Å²) in [6.45, 7) is 4.39. The lowest BCUT2D eigenvalue weighted by molar-refractivity contribution is -0.0581. The van der Waals surface area contributed by atoms with Crippen LogP contribution in [0.3, 0.4) is 0 Å². The molecule has 3 rings (SSSR count). The summed E-state index contributed by atoms with van der Waals surface area (Å²) in [6.07, 6.45) is 5.92. The summed E-state index contributed by atoms with van der Waals surface area (Å²) >= 11 is 1.87. The molecule has 2 heterocycles. The van der Waals surface area contributed by atoms with E-state index in [1.165, 1.54) is 28.4 Å². The standard InChI is InChI=1S/C14H22N2OS/c1-10-4-3-6-14(8-10,17-2)13-16-11-5-7-15-9-12(11)18-13/h10,15H,3-9H2,1-2H3. The van der Waals surface area contributed by atoms with Gasteiger partial charge in [-0.05, 0) is 25.2 Å². The summed E-state index contributed by atoms with van der Waals surface area (Å²) in [4.78, 5) is 6.33. The first-order valence-corrected chi connectivity index (χ1v) is 7.80. The molecule has 0 radical (unpaired) electrons. The van der Waals surface area contributed by atoms with E-state index in [-0.39, 0.29) is 5.60 Å². The smallest absolute Gasteiger partial charge is 0.125 e. The van der Waals surface area contributed by atoms with E-state index in [4.69, 9.17) is 9.72 Å². The fraction of sp³-hybridized carbons (Fsp3) is 0.786. The average molecular weight is 266 g/mol. The Bertz CT molecular complexity index is 408. The zero-order valence-corrected chi connectivity index (χ0v) is 12.1. The molecule has 1 aliphatic heterocycles. The molecule has 100 valence electrons. The predicted molar refractivity (Wildman–Crippen MR) is 73.8 cm³/mol. The molecule has 1 fully saturated rings. The molecule has 0 aromatic carbocycles. The average Bonchev–Trinajstić information content (AvgIpc) is 2.83. The molecule has 18 heavy (non-hydrogen) atoms. The van der Waals surface area contributed by atoms with Gasteiger partial charge in [-0.1, -0.05) is 13.3 Å². The van der Waals surface area contributed by atoms with E-state index in [1.807, 2.05) is 18.4 Å². The Balaban J connectivity index is 1.93. The van der Waals surface area contributed by atoms with Gasteiger partial charge in [0.25, 0.3) is 0 Å². The molecule has 2 atom stereocenters. The SMILES string of the molecule is COC1(c2nc3c(s2)CNCC3)CCCC(C)C1. The summed E-state index contributed by atoms with van der Waals surface area (Å²) in [5.41, 5.74) is 1.21. The topological polar surface area (TPSA) is 34.1 Å². The third kappa shape index (κ3) is 2.10. The van der Waals surface area contributed by atoms with Crippen LogP contribution in [0.4, 0.5) is 0 Å². The van der Waals surface area contributed by atoms with E-state index in [2.05, 4.69) is 12.2 Å². The lowest BCUT2D eigenvalue weighted by Crippen LogP contribution is -2.34. The zero-order valence-electron chi connectivity index (χ0n) is 11.3. The van der Waals surface area contributed by atoms with Crippen molar-refractivity contribution in [3.05, 3.63) is 15.6 Å². The number of ether oxygens (including phenoxy) is 1. The number of hydrogen-bond acceptors (Lipinski definition) is 4. The quantitative estimate of drug-likeness (QED) is 0.894. The molecule has 0 spiro atoms. The van der Waals surface area contributed by atoms with Crippen molar-refractivity contribution in [2.24, 2.45) is 5.92 Å². The van der Waals surface area contributed by atoms with Crippen LogP contribution in [0.15, 0.2) is 0 Å². The van der Waals surface area contributed by atoms with Crippen LogP contribution in [0.25, 0.3) is 0 Å². The van der Waals surface area contributed by atoms with Gasteiger partial charge in [-0.15, -0.1) is 11.3 Å². The van der Waals surface area contributed by atoms with Gasteiger partial charge in [-0.3, -0.25) is 0 Å². The predicted octanol–water partition coefficient (Wildman–Crippen LogP) is 2.84. The molecule has 1 N–H and O–H groups in total. The number of fused-ring (bicyclic) bond motifs is 1. The van der Waals surface area contributed by atoms with Gasteiger partial charge in [-0.2, -0.15) is 0 Å². The third-order valence-corrected chi connectivity index (χ3v) is 5.62. The van der Waals surface area contributed by atoms with E-state index >= 15 is 0 Å². The third-order valence-electron chi connectivity index (χ3n) is 4.34. The van der Waals surface area contributed by atoms with Crippen LogP contribution in [0, 0.1) is 5.92 Å². The van der Waals surface area contributed by atoms with Gasteiger partial charge < -0.3 is 10.1 Å². The second-order valence-corrected chi connectivity index (χ2v) is 6.80. The Morgan fingerprint density at radius 2 is 2.39 bits per heavy atom. The van der Waals surface area contributed by atoms with Crippen molar-refractivity contribution in [2.45, 2.75) is 51.2 Å². The number of aromatic nitrogens is 1. The summed E-state index contributed by atoms with van der Waals surface area (Å²) in [6, 6.07) is 0. The van der Waals surface area contributed by atoms with Crippen LogP contribution in [0.5, 0.6) is 0 Å². The second-order valence-electron chi connectivity index (χ2n) is 5.72. The monoisotopic (exact) mass is 266 g/mol. The van der Waals surface area contributed by atoms with Crippen molar-refractivity contribution in [2.75, 3.05) is 13.7 Å². The van der Waals surface area contributed by atoms with Gasteiger partial charge >= 0.3 is 0 Å². The number of hydrogen-bond donors (Lipinski definition) is 1. The molecule has 2 aliphatic rings. The second kappa shape index (κ2) is 4.91. The Labute approximate surface area is 113 Å². The van der Waals surface area contributed by atoms with Gasteiger partial charge in [0.05, 0.1) is 5.69 Å². The number of methoxy groups -OCH3 is 1. The largest absolute Gasteiger partial charge is 0.371 e. The minimum absolute atomic E-state index is 0.0975. The zero-order chi connectivity index (χ0) is 12.6. The van der Waals surface area contributed by atoms with Gasteiger partial charge in [0, 0.05) is 31.5 Å². The molecule has 0 saturated heterocycles. The van der Waals surface area contributed by atoms with Crippen molar-refractivity contribution in [3.63, 3.8) is 0 Å². The Hall–Kier alpha value is -0.450. The molecule has 4 heteroatoms. The van der Waals surface area contributed by atoms with Gasteiger partial charge in [0.15, 0.2) is 0 Å². The summed E-state index contributed by atoms with van der Waals surface area (Å²) in [5.74, 6) is 0.748. The molecule has 3 nitrogen and oxygen atoms in total. The number of nitrogens with zero attached hydrogens (tertiary/aromatic N) is 1. The van der Waals surface area contributed by atoms with E-state index in [0.717, 1.165) is 38.3 Å². The molecule has 2 unspecified atom stereocenters. The number of thiazole rings is 1. The molecule has 0 bridgehead atoms. The van der Waals surface area contributed by atoms with E-state index in [9.17, 15) is 0 Å². The molecule has 0 amide bonds. The molecular weight excluding hydrogens is 244 g/mol. The van der Waals surface area contributed by atoms with Crippen LogP contribution >= 0.6 is 11.3 Å². The molecular formula is C14H22N2OS. The maximum Gasteiger partial charge on any atom is 0.125 e. The fourth-order valence-corrected chi connectivity index (χ4v) is 4.57. The molecule has 1 aliphatic carbocycles. The van der Waals surface area contributed by atoms with Crippen molar-refractivity contribution >= 4 is 11.3 Å². The Morgan fingerprint density at radius 1 is 1.50 bits per heavy atom. The van der Waals surface area contributed by atoms with Crippen molar-refractivity contribution in [3.8, 4) is 0 Å².